The molecule has 1 aromatic carbocycles. The number of esters is 1. The summed E-state index contributed by atoms with van der Waals surface area (Å²) in [6.45, 7) is 5.34. The van der Waals surface area contributed by atoms with E-state index in [1.54, 1.807) is 26.8 Å². The molecule has 4 aromatic rings. The summed E-state index contributed by atoms with van der Waals surface area (Å²) in [7, 11) is 0. The van der Waals surface area contributed by atoms with Crippen LogP contribution in [0, 0.1) is 17.1 Å². The molecule has 0 aliphatic carbocycles. The molecule has 0 spiro atoms. The summed E-state index contributed by atoms with van der Waals surface area (Å²) in [5.74, 6) is -0.517. The van der Waals surface area contributed by atoms with Gasteiger partial charge < -0.3 is 15.8 Å². The van der Waals surface area contributed by atoms with Gasteiger partial charge in [-0.3, -0.25) is 4.79 Å². The molecule has 35 heavy (non-hydrogen) atoms. The van der Waals surface area contributed by atoms with Crippen LogP contribution in [0.2, 0.25) is 5.02 Å². The van der Waals surface area contributed by atoms with E-state index in [1.165, 1.54) is 29.3 Å². The Kier molecular flexibility index (Phi) is 6.24. The number of rotatable bonds is 5. The molecule has 4 rings (SSSR count). The van der Waals surface area contributed by atoms with Gasteiger partial charge in [-0.25, -0.2) is 24.0 Å². The minimum absolute atomic E-state index is 0.00214. The fourth-order valence-corrected chi connectivity index (χ4v) is 3.65. The van der Waals surface area contributed by atoms with Crippen molar-refractivity contribution in [2.75, 3.05) is 11.1 Å². The van der Waals surface area contributed by atoms with Crippen LogP contribution >= 0.6 is 11.6 Å². The molecule has 0 amide bonds. The van der Waals surface area contributed by atoms with E-state index in [4.69, 9.17) is 22.1 Å². The van der Waals surface area contributed by atoms with Gasteiger partial charge in [0.15, 0.2) is 5.82 Å². The van der Waals surface area contributed by atoms with Crippen LogP contribution in [0.15, 0.2) is 36.9 Å². The topological polar surface area (TPSA) is 145 Å². The van der Waals surface area contributed by atoms with Gasteiger partial charge in [-0.05, 0) is 32.9 Å². The summed E-state index contributed by atoms with van der Waals surface area (Å²) < 4.78 is 21.2. The number of carbonyl (C=O) groups excluding carboxylic acids is 1. The molecule has 0 saturated heterocycles. The number of nitriles is 1. The number of carbonyl (C=O) groups is 1. The van der Waals surface area contributed by atoms with Crippen LogP contribution in [-0.2, 0) is 16.0 Å². The van der Waals surface area contributed by atoms with Gasteiger partial charge >= 0.3 is 5.97 Å². The summed E-state index contributed by atoms with van der Waals surface area (Å²) in [6, 6.07) is 6.52. The molecular weight excluding hydrogens is 475 g/mol. The maximum Gasteiger partial charge on any atom is 0.312 e. The number of nitrogens with zero attached hydrogens (tertiary/aromatic N) is 6. The molecule has 3 heterocycles. The first-order valence-electron chi connectivity index (χ1n) is 10.4. The highest BCUT2D eigenvalue weighted by Gasteiger charge is 2.19. The molecule has 12 heteroatoms. The first kappa shape index (κ1) is 23.8. The number of fused-ring (bicyclic) bond motifs is 1. The molecule has 0 saturated carbocycles. The van der Waals surface area contributed by atoms with E-state index in [1.807, 2.05) is 6.07 Å². The molecule has 10 nitrogen and oxygen atoms in total. The Labute approximate surface area is 204 Å². The number of anilines is 3. The third-order valence-corrected chi connectivity index (χ3v) is 4.94. The molecule has 0 aliphatic heterocycles. The molecule has 0 bridgehead atoms. The first-order chi connectivity index (χ1) is 16.5. The number of nitrogen functional groups attached to an aromatic ring is 1. The standard InChI is InChI=1S/C23H20ClFN8O2/c1-23(2,3)35-19(34)7-14-6-18(30-11-29-14)31-22-15-10-33(32-20(15)17(25)9-28-22)21-12(8-26)4-13(27)5-16(21)24/h4-6,9-11H,7,27H2,1-3H3,(H,28,29,30,31). The highest BCUT2D eigenvalue weighted by atomic mass is 35.5. The van der Waals surface area contributed by atoms with E-state index >= 15 is 0 Å². The van der Waals surface area contributed by atoms with E-state index in [2.05, 4.69) is 25.4 Å². The van der Waals surface area contributed by atoms with Crippen LogP contribution in [0.25, 0.3) is 16.6 Å². The minimum atomic E-state index is -0.664. The molecule has 0 unspecified atom stereocenters. The highest BCUT2D eigenvalue weighted by molar-refractivity contribution is 6.33. The van der Waals surface area contributed by atoms with Crippen molar-refractivity contribution in [2.45, 2.75) is 32.8 Å². The Morgan fingerprint density at radius 3 is 2.77 bits per heavy atom. The number of benzene rings is 1. The smallest absolute Gasteiger partial charge is 0.312 e. The van der Waals surface area contributed by atoms with E-state index in [-0.39, 0.29) is 34.0 Å². The van der Waals surface area contributed by atoms with Gasteiger partial charge in [0.25, 0.3) is 0 Å². The van der Waals surface area contributed by atoms with Crippen LogP contribution < -0.4 is 11.1 Å². The quantitative estimate of drug-likeness (QED) is 0.309. The maximum atomic E-state index is 14.6. The molecule has 0 aliphatic rings. The van der Waals surface area contributed by atoms with E-state index in [9.17, 15) is 14.4 Å². The summed E-state index contributed by atoms with van der Waals surface area (Å²) in [5.41, 5.74) is 6.33. The average molecular weight is 495 g/mol. The average Bonchev–Trinajstić information content (AvgIpc) is 3.20. The van der Waals surface area contributed by atoms with Crippen molar-refractivity contribution in [3.63, 3.8) is 0 Å². The normalized spacial score (nSPS) is 11.3. The lowest BCUT2D eigenvalue weighted by atomic mass is 10.1. The predicted octanol–water partition coefficient (Wildman–Crippen LogP) is 4.08. The van der Waals surface area contributed by atoms with Gasteiger partial charge in [-0.2, -0.15) is 10.4 Å². The second-order valence-corrected chi connectivity index (χ2v) is 8.99. The zero-order valence-electron chi connectivity index (χ0n) is 19.0. The van der Waals surface area contributed by atoms with Crippen LogP contribution in [0.1, 0.15) is 32.0 Å². The molecule has 0 atom stereocenters. The second kappa shape index (κ2) is 9.15. The van der Waals surface area contributed by atoms with Crippen molar-refractivity contribution >= 4 is 45.8 Å². The van der Waals surface area contributed by atoms with Crippen LogP contribution in [0.4, 0.5) is 21.7 Å². The van der Waals surface area contributed by atoms with E-state index in [0.717, 1.165) is 6.20 Å². The molecule has 0 radical (unpaired) electrons. The zero-order chi connectivity index (χ0) is 25.3. The number of nitrogens with two attached hydrogens (primary N) is 1. The van der Waals surface area contributed by atoms with Crippen LogP contribution in [0.5, 0.6) is 0 Å². The lowest BCUT2D eigenvalue weighted by molar-refractivity contribution is -0.153. The molecule has 0 fully saturated rings. The third-order valence-electron chi connectivity index (χ3n) is 4.65. The van der Waals surface area contributed by atoms with Gasteiger partial charge in [0.1, 0.15) is 40.8 Å². The van der Waals surface area contributed by atoms with Crippen molar-refractivity contribution in [3.8, 4) is 11.8 Å². The van der Waals surface area contributed by atoms with Gasteiger partial charge in [0.05, 0.1) is 34.3 Å². The van der Waals surface area contributed by atoms with Gasteiger partial charge in [0, 0.05) is 18.0 Å². The van der Waals surface area contributed by atoms with Crippen LogP contribution in [-0.4, -0.2) is 36.3 Å². The monoisotopic (exact) mass is 494 g/mol. The lowest BCUT2D eigenvalue weighted by Gasteiger charge is -2.19. The number of hydrogen-bond donors (Lipinski definition) is 2. The van der Waals surface area contributed by atoms with Crippen molar-refractivity contribution in [1.29, 1.82) is 5.26 Å². The van der Waals surface area contributed by atoms with Crippen molar-refractivity contribution in [2.24, 2.45) is 0 Å². The fourth-order valence-electron chi connectivity index (χ4n) is 3.34. The molecular formula is C23H20ClFN8O2. The SMILES string of the molecule is CC(C)(C)OC(=O)Cc1cc(Nc2ncc(F)c3nn(-c4c(Cl)cc(N)cc4C#N)cc23)ncn1. The number of aromatic nitrogens is 5. The molecule has 3 N–H and O–H groups in total. The Morgan fingerprint density at radius 1 is 1.29 bits per heavy atom. The fraction of sp³-hybridized carbons (Fsp3) is 0.217. The summed E-state index contributed by atoms with van der Waals surface area (Å²) >= 11 is 6.31. The van der Waals surface area contributed by atoms with Gasteiger partial charge in [0.2, 0.25) is 0 Å². The third kappa shape index (κ3) is 5.28. The highest BCUT2D eigenvalue weighted by Crippen LogP contribution is 2.31. The largest absolute Gasteiger partial charge is 0.460 e. The number of pyridine rings is 1. The van der Waals surface area contributed by atoms with Crippen molar-refractivity contribution < 1.29 is 13.9 Å². The predicted molar refractivity (Wildman–Crippen MR) is 128 cm³/mol. The van der Waals surface area contributed by atoms with Crippen molar-refractivity contribution in [1.82, 2.24) is 24.7 Å². The van der Waals surface area contributed by atoms with E-state index < -0.39 is 17.4 Å². The summed E-state index contributed by atoms with van der Waals surface area (Å²) in [4.78, 5) is 24.5. The minimum Gasteiger partial charge on any atom is -0.460 e. The number of nitrogens with one attached hydrogen (secondary N) is 1. The number of ether oxygens (including phenoxy) is 1. The zero-order valence-corrected chi connectivity index (χ0v) is 19.8. The Balaban J connectivity index is 1.69. The lowest BCUT2D eigenvalue weighted by Crippen LogP contribution is -2.25. The van der Waals surface area contributed by atoms with Crippen LogP contribution in [0.3, 0.4) is 0 Å². The molecule has 3 aromatic heterocycles. The Morgan fingerprint density at radius 2 is 2.06 bits per heavy atom. The Hall–Kier alpha value is -4.30. The van der Waals surface area contributed by atoms with Gasteiger partial charge in [-0.1, -0.05) is 11.6 Å². The maximum absolute atomic E-state index is 14.6. The number of hydrogen-bond acceptors (Lipinski definition) is 9. The van der Waals surface area contributed by atoms with Gasteiger partial charge in [-0.15, -0.1) is 0 Å². The van der Waals surface area contributed by atoms with E-state index in [0.29, 0.717) is 22.6 Å². The number of halogens is 2. The Bertz CT molecular complexity index is 1490. The second-order valence-electron chi connectivity index (χ2n) is 8.58. The summed E-state index contributed by atoms with van der Waals surface area (Å²) in [6.07, 6.45) is 3.75. The molecule has 178 valence electrons. The summed E-state index contributed by atoms with van der Waals surface area (Å²) in [5, 5.41) is 17.3. The first-order valence-corrected chi connectivity index (χ1v) is 10.7. The van der Waals surface area contributed by atoms with Crippen molar-refractivity contribution in [3.05, 3.63) is 59.0 Å².